The summed E-state index contributed by atoms with van der Waals surface area (Å²) in [7, 11) is -3.57. The van der Waals surface area contributed by atoms with Crippen molar-refractivity contribution >= 4 is 33.2 Å². The Hall–Kier alpha value is -2.12. The van der Waals surface area contributed by atoms with Gasteiger partial charge in [-0.1, -0.05) is 29.8 Å². The second-order valence-electron chi connectivity index (χ2n) is 6.14. The zero-order valence-corrected chi connectivity index (χ0v) is 16.6. The fourth-order valence-electron chi connectivity index (χ4n) is 2.59. The van der Waals surface area contributed by atoms with Crippen molar-refractivity contribution in [2.45, 2.75) is 19.3 Å². The van der Waals surface area contributed by atoms with Gasteiger partial charge < -0.3 is 5.32 Å². The molecule has 0 aliphatic carbocycles. The number of halogens is 2. The van der Waals surface area contributed by atoms with E-state index >= 15 is 0 Å². The molecule has 0 heterocycles. The highest BCUT2D eigenvalue weighted by molar-refractivity contribution is 7.92. The number of carbonyl (C=O) groups is 1. The molecular weight excluding hydrogens is 391 g/mol. The van der Waals surface area contributed by atoms with Gasteiger partial charge >= 0.3 is 0 Å². The van der Waals surface area contributed by atoms with E-state index in [2.05, 4.69) is 5.32 Å². The molecular formula is C19H22ClFN2O3S. The fraction of sp³-hybridized carbons (Fsp3) is 0.316. The molecule has 1 N–H and O–H groups in total. The van der Waals surface area contributed by atoms with Crippen LogP contribution in [0.4, 0.5) is 10.1 Å². The molecule has 2 aromatic carbocycles. The van der Waals surface area contributed by atoms with E-state index in [0.29, 0.717) is 24.4 Å². The normalized spacial score (nSPS) is 11.2. The molecule has 0 radical (unpaired) electrons. The van der Waals surface area contributed by atoms with Crippen molar-refractivity contribution in [3.05, 3.63) is 64.9 Å². The van der Waals surface area contributed by atoms with Crippen LogP contribution in [0.15, 0.2) is 48.5 Å². The highest BCUT2D eigenvalue weighted by Crippen LogP contribution is 2.19. The topological polar surface area (TPSA) is 66.5 Å². The van der Waals surface area contributed by atoms with E-state index in [1.807, 2.05) is 12.1 Å². The van der Waals surface area contributed by atoms with Gasteiger partial charge in [-0.15, -0.1) is 0 Å². The minimum Gasteiger partial charge on any atom is -0.356 e. The van der Waals surface area contributed by atoms with Gasteiger partial charge in [-0.2, -0.15) is 0 Å². The summed E-state index contributed by atoms with van der Waals surface area (Å²) in [6.45, 7) is 0.590. The molecule has 8 heteroatoms. The van der Waals surface area contributed by atoms with E-state index in [1.54, 1.807) is 12.1 Å². The maximum atomic E-state index is 13.4. The molecule has 0 saturated carbocycles. The molecule has 2 rings (SSSR count). The third-order valence-corrected chi connectivity index (χ3v) is 5.36. The average molecular weight is 413 g/mol. The number of hydrogen-bond acceptors (Lipinski definition) is 3. The lowest BCUT2D eigenvalue weighted by molar-refractivity contribution is -0.121. The fourth-order valence-corrected chi connectivity index (χ4v) is 3.67. The second kappa shape index (κ2) is 9.71. The zero-order valence-electron chi connectivity index (χ0n) is 15.0. The Labute approximate surface area is 164 Å². The van der Waals surface area contributed by atoms with Gasteiger partial charge in [-0.3, -0.25) is 9.10 Å². The molecule has 0 unspecified atom stereocenters. The van der Waals surface area contributed by atoms with Crippen LogP contribution in [0.2, 0.25) is 5.02 Å². The van der Waals surface area contributed by atoms with Crippen LogP contribution in [-0.2, 0) is 21.2 Å². The maximum Gasteiger partial charge on any atom is 0.232 e. The molecule has 0 aromatic heterocycles. The predicted octanol–water partition coefficient (Wildman–Crippen LogP) is 3.38. The standard InChI is InChI=1S/C19H22ClFN2O3S/c1-27(25,26)23(18-5-2-4-17(21)14-18)13-3-6-19(24)22-12-11-15-7-9-16(20)10-8-15/h2,4-5,7-10,14H,3,6,11-13H2,1H3,(H,22,24). The zero-order chi connectivity index (χ0) is 19.9. The van der Waals surface area contributed by atoms with Crippen LogP contribution >= 0.6 is 11.6 Å². The van der Waals surface area contributed by atoms with Gasteiger partial charge in [-0.25, -0.2) is 12.8 Å². The summed E-state index contributed by atoms with van der Waals surface area (Å²) in [6, 6.07) is 12.8. The van der Waals surface area contributed by atoms with E-state index in [-0.39, 0.29) is 24.6 Å². The van der Waals surface area contributed by atoms with Crippen LogP contribution in [0.1, 0.15) is 18.4 Å². The Balaban J connectivity index is 1.80. The monoisotopic (exact) mass is 412 g/mol. The third kappa shape index (κ3) is 7.19. The molecule has 0 atom stereocenters. The lowest BCUT2D eigenvalue weighted by Gasteiger charge is -2.22. The summed E-state index contributed by atoms with van der Waals surface area (Å²) in [6.07, 6.45) is 2.25. The summed E-state index contributed by atoms with van der Waals surface area (Å²) in [5.74, 6) is -0.669. The van der Waals surface area contributed by atoms with Crippen LogP contribution in [0.25, 0.3) is 0 Å². The predicted molar refractivity (Wildman–Crippen MR) is 106 cm³/mol. The van der Waals surface area contributed by atoms with Crippen molar-refractivity contribution in [2.24, 2.45) is 0 Å². The number of nitrogens with zero attached hydrogens (tertiary/aromatic N) is 1. The van der Waals surface area contributed by atoms with Crippen LogP contribution in [-0.4, -0.2) is 33.7 Å². The van der Waals surface area contributed by atoms with Gasteiger partial charge in [0.2, 0.25) is 15.9 Å². The first-order chi connectivity index (χ1) is 12.8. The Morgan fingerprint density at radius 1 is 1.19 bits per heavy atom. The largest absolute Gasteiger partial charge is 0.356 e. The Kier molecular flexibility index (Phi) is 7.62. The molecule has 27 heavy (non-hydrogen) atoms. The van der Waals surface area contributed by atoms with E-state index in [9.17, 15) is 17.6 Å². The number of sulfonamides is 1. The second-order valence-corrected chi connectivity index (χ2v) is 8.49. The number of amides is 1. The molecule has 0 aliphatic rings. The van der Waals surface area contributed by atoms with E-state index in [1.165, 1.54) is 18.2 Å². The molecule has 0 spiro atoms. The van der Waals surface area contributed by atoms with E-state index < -0.39 is 15.8 Å². The molecule has 0 saturated heterocycles. The van der Waals surface area contributed by atoms with Gasteiger partial charge in [0.25, 0.3) is 0 Å². The summed E-state index contributed by atoms with van der Waals surface area (Å²) < 4.78 is 38.4. The first-order valence-corrected chi connectivity index (χ1v) is 10.7. The molecule has 146 valence electrons. The van der Waals surface area contributed by atoms with Crippen molar-refractivity contribution in [3.8, 4) is 0 Å². The van der Waals surface area contributed by atoms with Crippen LogP contribution in [0.5, 0.6) is 0 Å². The highest BCUT2D eigenvalue weighted by Gasteiger charge is 2.18. The highest BCUT2D eigenvalue weighted by atomic mass is 35.5. The Bertz CT molecular complexity index is 873. The smallest absolute Gasteiger partial charge is 0.232 e. The van der Waals surface area contributed by atoms with Gasteiger partial charge in [0.15, 0.2) is 0 Å². The molecule has 2 aromatic rings. The van der Waals surface area contributed by atoms with E-state index in [0.717, 1.165) is 22.2 Å². The van der Waals surface area contributed by atoms with Crippen LogP contribution < -0.4 is 9.62 Å². The average Bonchev–Trinajstić information content (AvgIpc) is 2.59. The summed E-state index contributed by atoms with van der Waals surface area (Å²) >= 11 is 5.83. The number of nitrogens with one attached hydrogen (secondary N) is 1. The lowest BCUT2D eigenvalue weighted by Crippen LogP contribution is -2.32. The van der Waals surface area contributed by atoms with E-state index in [4.69, 9.17) is 11.6 Å². The summed E-state index contributed by atoms with van der Waals surface area (Å²) in [5, 5.41) is 3.47. The molecule has 1 amide bonds. The number of benzene rings is 2. The number of anilines is 1. The minimum absolute atomic E-state index is 0.104. The Morgan fingerprint density at radius 3 is 2.52 bits per heavy atom. The van der Waals surface area contributed by atoms with Gasteiger partial charge in [-0.05, 0) is 48.7 Å². The summed E-state index contributed by atoms with van der Waals surface area (Å²) in [5.41, 5.74) is 1.31. The number of rotatable bonds is 9. The maximum absolute atomic E-state index is 13.4. The first kappa shape index (κ1) is 21.2. The summed E-state index contributed by atoms with van der Waals surface area (Å²) in [4.78, 5) is 11.9. The number of hydrogen-bond donors (Lipinski definition) is 1. The quantitative estimate of drug-likeness (QED) is 0.686. The van der Waals surface area contributed by atoms with Gasteiger partial charge in [0.05, 0.1) is 11.9 Å². The lowest BCUT2D eigenvalue weighted by atomic mass is 10.1. The number of carbonyl (C=O) groups excluding carboxylic acids is 1. The van der Waals surface area contributed by atoms with Gasteiger partial charge in [0.1, 0.15) is 5.82 Å². The van der Waals surface area contributed by atoms with Gasteiger partial charge in [0, 0.05) is 24.5 Å². The van der Waals surface area contributed by atoms with Crippen LogP contribution in [0, 0.1) is 5.82 Å². The van der Waals surface area contributed by atoms with Crippen molar-refractivity contribution in [1.82, 2.24) is 5.32 Å². The molecule has 0 bridgehead atoms. The molecule has 0 aliphatic heterocycles. The van der Waals surface area contributed by atoms with Crippen molar-refractivity contribution in [1.29, 1.82) is 0 Å². The molecule has 5 nitrogen and oxygen atoms in total. The van der Waals surface area contributed by atoms with Crippen LogP contribution in [0.3, 0.4) is 0 Å². The first-order valence-electron chi connectivity index (χ1n) is 8.50. The molecule has 0 fully saturated rings. The van der Waals surface area contributed by atoms with Crippen molar-refractivity contribution in [3.63, 3.8) is 0 Å². The van der Waals surface area contributed by atoms with Crippen molar-refractivity contribution < 1.29 is 17.6 Å². The van der Waals surface area contributed by atoms with Crippen molar-refractivity contribution in [2.75, 3.05) is 23.7 Å². The third-order valence-electron chi connectivity index (χ3n) is 3.91. The Morgan fingerprint density at radius 2 is 1.89 bits per heavy atom. The SMILES string of the molecule is CS(=O)(=O)N(CCCC(=O)NCCc1ccc(Cl)cc1)c1cccc(F)c1. The minimum atomic E-state index is -3.57.